The average Bonchev–Trinajstić information content (AvgIpc) is 2.80. The van der Waals surface area contributed by atoms with Gasteiger partial charge in [-0.05, 0) is 74.3 Å². The maximum absolute atomic E-state index is 12.6. The van der Waals surface area contributed by atoms with Crippen LogP contribution in [0.2, 0.25) is 0 Å². The lowest BCUT2D eigenvalue weighted by molar-refractivity contribution is -0.384. The molecule has 1 aliphatic heterocycles. The molecule has 1 aliphatic rings. The summed E-state index contributed by atoms with van der Waals surface area (Å²) >= 11 is 5.21. The molecule has 0 atom stereocenters. The summed E-state index contributed by atoms with van der Waals surface area (Å²) in [7, 11) is 0. The number of nitro groups is 1. The van der Waals surface area contributed by atoms with Gasteiger partial charge in [-0.3, -0.25) is 25.0 Å². The topological polar surface area (TPSA) is 117 Å². The van der Waals surface area contributed by atoms with Gasteiger partial charge in [0.15, 0.2) is 5.11 Å². The number of thiocarbonyl (C=S) groups is 1. The Bertz CT molecular complexity index is 1040. The molecule has 1 saturated heterocycles. The van der Waals surface area contributed by atoms with Crippen molar-refractivity contribution in [3.05, 3.63) is 58.1 Å². The molecule has 1 heterocycles. The Balaban J connectivity index is 1.62. The molecule has 2 amide bonds. The van der Waals surface area contributed by atoms with E-state index in [1.54, 1.807) is 36.4 Å². The van der Waals surface area contributed by atoms with Crippen LogP contribution >= 0.6 is 12.2 Å². The highest BCUT2D eigenvalue weighted by molar-refractivity contribution is 7.80. The van der Waals surface area contributed by atoms with E-state index in [0.29, 0.717) is 23.5 Å². The maximum atomic E-state index is 12.6. The van der Waals surface area contributed by atoms with E-state index in [9.17, 15) is 19.7 Å². The average molecular weight is 470 g/mol. The van der Waals surface area contributed by atoms with Crippen LogP contribution in [0.1, 0.15) is 49.4 Å². The van der Waals surface area contributed by atoms with Crippen LogP contribution < -0.4 is 20.9 Å². The number of hydrogen-bond donors (Lipinski definition) is 3. The minimum absolute atomic E-state index is 0.0543. The SMILES string of the molecule is CCCC(=O)Nc1ccc(NC(=S)NC(=O)c2ccc(N3CCCCC3)c([N+](=O)[O-])c2)cc1. The standard InChI is InChI=1S/C23H27N5O4S/c1-2-6-21(29)24-17-8-10-18(11-9-17)25-23(33)26-22(30)16-7-12-19(20(15-16)28(31)32)27-13-4-3-5-14-27/h7-12,15H,2-6,13-14H2,1H3,(H,24,29)(H2,25,26,30,33). The van der Waals surface area contributed by atoms with Gasteiger partial charge in [0.25, 0.3) is 11.6 Å². The Morgan fingerprint density at radius 2 is 1.67 bits per heavy atom. The van der Waals surface area contributed by atoms with Crippen LogP contribution in [0.4, 0.5) is 22.7 Å². The number of carbonyl (C=O) groups excluding carboxylic acids is 2. The lowest BCUT2D eigenvalue weighted by atomic mass is 10.1. The normalized spacial score (nSPS) is 13.2. The highest BCUT2D eigenvalue weighted by Crippen LogP contribution is 2.31. The second-order valence-electron chi connectivity index (χ2n) is 7.79. The summed E-state index contributed by atoms with van der Waals surface area (Å²) in [4.78, 5) is 37.4. The fraction of sp³-hybridized carbons (Fsp3) is 0.348. The molecule has 0 aromatic heterocycles. The quantitative estimate of drug-likeness (QED) is 0.312. The Labute approximate surface area is 197 Å². The van der Waals surface area contributed by atoms with Gasteiger partial charge in [-0.25, -0.2) is 0 Å². The van der Waals surface area contributed by atoms with Crippen LogP contribution in [-0.2, 0) is 4.79 Å². The van der Waals surface area contributed by atoms with Crippen molar-refractivity contribution in [1.29, 1.82) is 0 Å². The van der Waals surface area contributed by atoms with Crippen LogP contribution in [0.15, 0.2) is 42.5 Å². The molecule has 10 heteroatoms. The van der Waals surface area contributed by atoms with Gasteiger partial charge < -0.3 is 15.5 Å². The summed E-state index contributed by atoms with van der Waals surface area (Å²) in [5, 5.41) is 19.9. The molecule has 0 bridgehead atoms. The lowest BCUT2D eigenvalue weighted by Gasteiger charge is -2.28. The van der Waals surface area contributed by atoms with Crippen molar-refractivity contribution >= 4 is 51.9 Å². The highest BCUT2D eigenvalue weighted by Gasteiger charge is 2.23. The fourth-order valence-electron chi connectivity index (χ4n) is 3.64. The molecular weight excluding hydrogens is 442 g/mol. The van der Waals surface area contributed by atoms with Crippen molar-refractivity contribution in [3.8, 4) is 0 Å². The zero-order valence-corrected chi connectivity index (χ0v) is 19.2. The van der Waals surface area contributed by atoms with Gasteiger partial charge in [0.1, 0.15) is 5.69 Å². The second-order valence-corrected chi connectivity index (χ2v) is 8.20. The van der Waals surface area contributed by atoms with Crippen molar-refractivity contribution < 1.29 is 14.5 Å². The van der Waals surface area contributed by atoms with E-state index in [4.69, 9.17) is 12.2 Å². The number of piperidine rings is 1. The summed E-state index contributed by atoms with van der Waals surface area (Å²) in [5.74, 6) is -0.592. The molecule has 1 fully saturated rings. The predicted molar refractivity (Wildman–Crippen MR) is 133 cm³/mol. The molecule has 0 saturated carbocycles. The van der Waals surface area contributed by atoms with Crippen molar-refractivity contribution in [2.24, 2.45) is 0 Å². The Kier molecular flexibility index (Phi) is 8.31. The zero-order valence-electron chi connectivity index (χ0n) is 18.4. The number of carbonyl (C=O) groups is 2. The predicted octanol–water partition coefficient (Wildman–Crippen LogP) is 4.45. The number of nitro benzene ring substituents is 1. The first-order chi connectivity index (χ1) is 15.9. The van der Waals surface area contributed by atoms with Crippen molar-refractivity contribution in [2.45, 2.75) is 39.0 Å². The summed E-state index contributed by atoms with van der Waals surface area (Å²) in [5.41, 5.74) is 1.88. The third-order valence-electron chi connectivity index (χ3n) is 5.26. The summed E-state index contributed by atoms with van der Waals surface area (Å²) in [6.07, 6.45) is 4.32. The van der Waals surface area contributed by atoms with Crippen LogP contribution in [0, 0.1) is 10.1 Å². The molecule has 9 nitrogen and oxygen atoms in total. The molecule has 33 heavy (non-hydrogen) atoms. The summed E-state index contributed by atoms with van der Waals surface area (Å²) in [6.45, 7) is 3.46. The molecule has 2 aromatic rings. The molecule has 3 rings (SSSR count). The van der Waals surface area contributed by atoms with E-state index in [0.717, 1.165) is 38.8 Å². The molecule has 0 spiro atoms. The minimum atomic E-state index is -0.538. The number of nitrogens with zero attached hydrogens (tertiary/aromatic N) is 2. The van der Waals surface area contributed by atoms with Crippen LogP contribution in [0.5, 0.6) is 0 Å². The molecule has 0 radical (unpaired) electrons. The second kappa shape index (κ2) is 11.4. The Hall–Kier alpha value is -3.53. The van der Waals surface area contributed by atoms with Crippen LogP contribution in [0.3, 0.4) is 0 Å². The third-order valence-corrected chi connectivity index (χ3v) is 5.47. The van der Waals surface area contributed by atoms with Crippen molar-refractivity contribution in [3.63, 3.8) is 0 Å². The number of hydrogen-bond acceptors (Lipinski definition) is 6. The van der Waals surface area contributed by atoms with E-state index in [1.807, 2.05) is 11.8 Å². The number of benzene rings is 2. The maximum Gasteiger partial charge on any atom is 0.293 e. The Morgan fingerprint density at radius 3 is 2.27 bits per heavy atom. The summed E-state index contributed by atoms with van der Waals surface area (Å²) in [6, 6.07) is 11.4. The van der Waals surface area contributed by atoms with Crippen LogP contribution in [-0.4, -0.2) is 34.9 Å². The van der Waals surface area contributed by atoms with Gasteiger partial charge in [-0.15, -0.1) is 0 Å². The number of nitrogens with one attached hydrogen (secondary N) is 3. The molecular formula is C23H27N5O4S. The number of rotatable bonds is 7. The fourth-order valence-corrected chi connectivity index (χ4v) is 3.85. The third kappa shape index (κ3) is 6.72. The molecule has 174 valence electrons. The van der Waals surface area contributed by atoms with Crippen LogP contribution in [0.25, 0.3) is 0 Å². The number of anilines is 3. The van der Waals surface area contributed by atoms with Gasteiger partial charge in [0, 0.05) is 42.5 Å². The summed E-state index contributed by atoms with van der Waals surface area (Å²) < 4.78 is 0. The zero-order chi connectivity index (χ0) is 23.8. The largest absolute Gasteiger partial charge is 0.366 e. The monoisotopic (exact) mass is 469 g/mol. The van der Waals surface area contributed by atoms with E-state index in [2.05, 4.69) is 16.0 Å². The van der Waals surface area contributed by atoms with E-state index in [1.165, 1.54) is 6.07 Å². The minimum Gasteiger partial charge on any atom is -0.366 e. The highest BCUT2D eigenvalue weighted by atomic mass is 32.1. The molecule has 2 aromatic carbocycles. The van der Waals surface area contributed by atoms with E-state index < -0.39 is 10.8 Å². The van der Waals surface area contributed by atoms with Gasteiger partial charge in [0.05, 0.1) is 4.92 Å². The lowest BCUT2D eigenvalue weighted by Crippen LogP contribution is -2.34. The first-order valence-electron chi connectivity index (χ1n) is 10.9. The number of amides is 2. The van der Waals surface area contributed by atoms with Gasteiger partial charge in [-0.2, -0.15) is 0 Å². The first-order valence-corrected chi connectivity index (χ1v) is 11.3. The van der Waals surface area contributed by atoms with Crippen molar-refractivity contribution in [2.75, 3.05) is 28.6 Å². The van der Waals surface area contributed by atoms with Crippen molar-refractivity contribution in [1.82, 2.24) is 5.32 Å². The van der Waals surface area contributed by atoms with Gasteiger partial charge >= 0.3 is 0 Å². The molecule has 0 aliphatic carbocycles. The van der Waals surface area contributed by atoms with E-state index in [-0.39, 0.29) is 22.3 Å². The Morgan fingerprint density at radius 1 is 1.03 bits per heavy atom. The van der Waals surface area contributed by atoms with E-state index >= 15 is 0 Å². The first kappa shape index (κ1) is 24.1. The smallest absolute Gasteiger partial charge is 0.293 e. The molecule has 3 N–H and O–H groups in total. The van der Waals surface area contributed by atoms with Gasteiger partial charge in [0.2, 0.25) is 5.91 Å². The molecule has 0 unspecified atom stereocenters. The van der Waals surface area contributed by atoms with Gasteiger partial charge in [-0.1, -0.05) is 6.92 Å².